The van der Waals surface area contributed by atoms with E-state index >= 15 is 0 Å². The van der Waals surface area contributed by atoms with Crippen molar-refractivity contribution in [2.45, 2.75) is 31.8 Å². The summed E-state index contributed by atoms with van der Waals surface area (Å²) < 4.78 is 0. The molecule has 2 saturated heterocycles. The molecule has 1 spiro atoms. The Morgan fingerprint density at radius 1 is 1.32 bits per heavy atom. The Labute approximate surface area is 145 Å². The van der Waals surface area contributed by atoms with Crippen molar-refractivity contribution in [3.05, 3.63) is 29.8 Å². The number of Topliss-reactive ketones (excluding diaryl/α,β-unsaturated/α-hetero) is 1. The third kappa shape index (κ3) is 2.12. The van der Waals surface area contributed by atoms with Crippen LogP contribution in [0.25, 0.3) is 0 Å². The van der Waals surface area contributed by atoms with Crippen molar-refractivity contribution in [2.75, 3.05) is 24.8 Å². The van der Waals surface area contributed by atoms with Crippen LogP contribution in [0.3, 0.4) is 0 Å². The van der Waals surface area contributed by atoms with Gasteiger partial charge in [-0.2, -0.15) is 0 Å². The number of anilines is 1. The average Bonchev–Trinajstić information content (AvgIpc) is 3.09. The van der Waals surface area contributed by atoms with Gasteiger partial charge < -0.3 is 10.2 Å². The number of likely N-dealkylation sites (tertiary alicyclic amines) is 1. The maximum absolute atomic E-state index is 13.2. The van der Waals surface area contributed by atoms with Crippen molar-refractivity contribution in [3.63, 3.8) is 0 Å². The molecule has 0 bridgehead atoms. The van der Waals surface area contributed by atoms with Crippen molar-refractivity contribution in [1.29, 1.82) is 0 Å². The van der Waals surface area contributed by atoms with E-state index in [4.69, 9.17) is 4.84 Å². The van der Waals surface area contributed by atoms with Crippen molar-refractivity contribution in [1.82, 2.24) is 10.2 Å². The number of nitrogens with one attached hydrogen (secondary N) is 1. The minimum Gasteiger partial charge on any atom is -0.350 e. The lowest BCUT2D eigenvalue weighted by Gasteiger charge is -2.28. The molecule has 1 aromatic rings. The zero-order valence-corrected chi connectivity index (χ0v) is 14.5. The van der Waals surface area contributed by atoms with E-state index in [0.29, 0.717) is 24.4 Å². The molecule has 2 amide bonds. The molecule has 2 fully saturated rings. The van der Waals surface area contributed by atoms with Gasteiger partial charge in [0, 0.05) is 23.6 Å². The van der Waals surface area contributed by atoms with E-state index < -0.39 is 5.54 Å². The lowest BCUT2D eigenvalue weighted by Crippen LogP contribution is -2.56. The summed E-state index contributed by atoms with van der Waals surface area (Å²) in [6.45, 7) is 6.24. The van der Waals surface area contributed by atoms with Crippen LogP contribution in [0, 0.1) is 5.92 Å². The maximum atomic E-state index is 13.2. The van der Waals surface area contributed by atoms with Crippen molar-refractivity contribution in [2.24, 2.45) is 5.92 Å². The van der Waals surface area contributed by atoms with E-state index in [1.165, 1.54) is 9.96 Å². The summed E-state index contributed by atoms with van der Waals surface area (Å²) in [5.41, 5.74) is -0.584. The first-order valence-electron chi connectivity index (χ1n) is 8.42. The molecule has 4 rings (SSSR count). The van der Waals surface area contributed by atoms with Gasteiger partial charge in [-0.15, -0.1) is 0 Å². The molecule has 1 N–H and O–H groups in total. The first-order chi connectivity index (χ1) is 11.7. The number of hydrogen-bond donors (Lipinski definition) is 1. The Balaban J connectivity index is 1.63. The maximum Gasteiger partial charge on any atom is 0.260 e. The highest BCUT2D eigenvalue weighted by atomic mass is 16.7. The predicted octanol–water partition coefficient (Wildman–Crippen LogP) is 0.746. The number of hydrogen-bond acceptors (Lipinski definition) is 5. The van der Waals surface area contributed by atoms with Gasteiger partial charge in [0.15, 0.2) is 0 Å². The molecule has 3 aliphatic heterocycles. The second kappa shape index (κ2) is 5.05. The molecular weight excluding hydrogens is 322 g/mol. The highest BCUT2D eigenvalue weighted by Crippen LogP contribution is 2.50. The number of amides is 2. The molecule has 132 valence electrons. The van der Waals surface area contributed by atoms with Gasteiger partial charge in [0.05, 0.1) is 18.8 Å². The average molecular weight is 343 g/mol. The third-order valence-electron chi connectivity index (χ3n) is 4.93. The fourth-order valence-electron chi connectivity index (χ4n) is 4.04. The van der Waals surface area contributed by atoms with Crippen LogP contribution < -0.4 is 10.4 Å². The van der Waals surface area contributed by atoms with E-state index in [1.807, 2.05) is 26.8 Å². The van der Waals surface area contributed by atoms with Crippen LogP contribution in [0.1, 0.15) is 31.1 Å². The fourth-order valence-corrected chi connectivity index (χ4v) is 4.04. The standard InChI is InChI=1S/C18H21N3O4/c1-17(2,3)19-14(22)9-20-8-11-10-25-21-13-7-5-4-6-12(13)15(23)18(11,21)16(20)24/h4-7,11H,8-10H2,1-3H3,(H,19,22). The number of carbonyl (C=O) groups is 3. The number of hydroxylamine groups is 1. The quantitative estimate of drug-likeness (QED) is 0.802. The number of nitrogens with zero attached hydrogens (tertiary/aromatic N) is 2. The Morgan fingerprint density at radius 3 is 2.76 bits per heavy atom. The first-order valence-corrected chi connectivity index (χ1v) is 8.42. The number of rotatable bonds is 2. The normalized spacial score (nSPS) is 27.4. The molecule has 7 heteroatoms. The molecule has 3 heterocycles. The summed E-state index contributed by atoms with van der Waals surface area (Å²) in [7, 11) is 0. The van der Waals surface area contributed by atoms with Gasteiger partial charge >= 0.3 is 0 Å². The highest BCUT2D eigenvalue weighted by Gasteiger charge is 2.70. The molecule has 25 heavy (non-hydrogen) atoms. The van der Waals surface area contributed by atoms with Crippen LogP contribution >= 0.6 is 0 Å². The van der Waals surface area contributed by atoms with Crippen molar-refractivity contribution < 1.29 is 19.2 Å². The molecule has 0 saturated carbocycles. The summed E-state index contributed by atoms with van der Waals surface area (Å²) in [5, 5.41) is 4.33. The number of fused-ring (bicyclic) bond motifs is 2. The fraction of sp³-hybridized carbons (Fsp3) is 0.500. The Morgan fingerprint density at radius 2 is 2.04 bits per heavy atom. The molecule has 1 aromatic carbocycles. The van der Waals surface area contributed by atoms with E-state index in [0.717, 1.165) is 0 Å². The van der Waals surface area contributed by atoms with Gasteiger partial charge in [0.2, 0.25) is 17.2 Å². The van der Waals surface area contributed by atoms with Crippen LogP contribution in [0.15, 0.2) is 24.3 Å². The van der Waals surface area contributed by atoms with Crippen LogP contribution in [0.5, 0.6) is 0 Å². The number of para-hydroxylation sites is 1. The molecule has 0 aromatic heterocycles. The molecule has 2 unspecified atom stereocenters. The van der Waals surface area contributed by atoms with Crippen LogP contribution in [0.2, 0.25) is 0 Å². The van der Waals surface area contributed by atoms with Crippen molar-refractivity contribution >= 4 is 23.3 Å². The number of ketones is 1. The molecule has 3 aliphatic rings. The second-order valence-corrected chi connectivity index (χ2v) is 7.88. The van der Waals surface area contributed by atoms with Gasteiger partial charge in [-0.25, -0.2) is 5.06 Å². The minimum atomic E-state index is -1.34. The third-order valence-corrected chi connectivity index (χ3v) is 4.93. The van der Waals surface area contributed by atoms with Crippen LogP contribution in [0.4, 0.5) is 5.69 Å². The number of benzene rings is 1. The van der Waals surface area contributed by atoms with Crippen LogP contribution in [-0.4, -0.2) is 53.3 Å². The monoisotopic (exact) mass is 343 g/mol. The largest absolute Gasteiger partial charge is 0.350 e. The van der Waals surface area contributed by atoms with Crippen molar-refractivity contribution in [3.8, 4) is 0 Å². The second-order valence-electron chi connectivity index (χ2n) is 7.88. The summed E-state index contributed by atoms with van der Waals surface area (Å²) in [6.07, 6.45) is 0. The van der Waals surface area contributed by atoms with Gasteiger partial charge in [0.1, 0.15) is 0 Å². The van der Waals surface area contributed by atoms with E-state index in [2.05, 4.69) is 5.32 Å². The molecule has 2 atom stereocenters. The molecule has 0 aliphatic carbocycles. The number of carbonyl (C=O) groups excluding carboxylic acids is 3. The summed E-state index contributed by atoms with van der Waals surface area (Å²) >= 11 is 0. The van der Waals surface area contributed by atoms with Gasteiger partial charge in [-0.05, 0) is 32.9 Å². The molecule has 0 radical (unpaired) electrons. The molecular formula is C18H21N3O4. The summed E-state index contributed by atoms with van der Waals surface area (Å²) in [5.74, 6) is -1.08. The Bertz CT molecular complexity index is 785. The molecule has 7 nitrogen and oxygen atoms in total. The van der Waals surface area contributed by atoms with Gasteiger partial charge in [0.25, 0.3) is 5.91 Å². The zero-order valence-electron chi connectivity index (χ0n) is 14.5. The lowest BCUT2D eigenvalue weighted by molar-refractivity contribution is -0.136. The smallest absolute Gasteiger partial charge is 0.260 e. The zero-order chi connectivity index (χ0) is 18.0. The van der Waals surface area contributed by atoms with Gasteiger partial charge in [-0.3, -0.25) is 19.2 Å². The predicted molar refractivity (Wildman–Crippen MR) is 89.9 cm³/mol. The lowest BCUT2D eigenvalue weighted by atomic mass is 9.84. The van der Waals surface area contributed by atoms with E-state index in [9.17, 15) is 14.4 Å². The van der Waals surface area contributed by atoms with E-state index in [1.54, 1.807) is 18.2 Å². The highest BCUT2D eigenvalue weighted by molar-refractivity contribution is 6.27. The Hall–Kier alpha value is -2.41. The Kier molecular flexibility index (Phi) is 3.25. The van der Waals surface area contributed by atoms with Crippen LogP contribution in [-0.2, 0) is 14.4 Å². The first kappa shape index (κ1) is 16.1. The van der Waals surface area contributed by atoms with E-state index in [-0.39, 0.29) is 35.6 Å². The van der Waals surface area contributed by atoms with Gasteiger partial charge in [-0.1, -0.05) is 12.1 Å². The summed E-state index contributed by atoms with van der Waals surface area (Å²) in [6, 6.07) is 7.09. The SMILES string of the molecule is CC(C)(C)NC(=O)CN1CC2CON3c4ccccc4C(=O)C23C1=O. The topological polar surface area (TPSA) is 79.0 Å². The summed E-state index contributed by atoms with van der Waals surface area (Å²) in [4.78, 5) is 45.7. The minimum absolute atomic E-state index is 0.0498.